The van der Waals surface area contributed by atoms with Crippen LogP contribution >= 0.6 is 23.8 Å². The summed E-state index contributed by atoms with van der Waals surface area (Å²) in [5.74, 6) is 1.43. The summed E-state index contributed by atoms with van der Waals surface area (Å²) >= 11 is 12.4. The van der Waals surface area contributed by atoms with Crippen LogP contribution in [0.3, 0.4) is 0 Å². The van der Waals surface area contributed by atoms with E-state index < -0.39 is 0 Å². The molecule has 0 saturated carbocycles. The van der Waals surface area contributed by atoms with Gasteiger partial charge < -0.3 is 24.3 Å². The van der Waals surface area contributed by atoms with E-state index in [1.54, 1.807) is 14.2 Å². The summed E-state index contributed by atoms with van der Waals surface area (Å²) in [6, 6.07) is 19.5. The number of rotatable bonds is 6. The summed E-state index contributed by atoms with van der Waals surface area (Å²) in [6.07, 6.45) is 1.81. The highest BCUT2D eigenvalue weighted by molar-refractivity contribution is 7.80. The Labute approximate surface area is 227 Å². The molecule has 0 radical (unpaired) electrons. The van der Waals surface area contributed by atoms with Gasteiger partial charge in [0, 0.05) is 34.4 Å². The van der Waals surface area contributed by atoms with Crippen molar-refractivity contribution in [2.24, 2.45) is 0 Å². The third-order valence-electron chi connectivity index (χ3n) is 6.94. The van der Waals surface area contributed by atoms with Crippen LogP contribution in [-0.4, -0.2) is 28.9 Å². The van der Waals surface area contributed by atoms with Crippen molar-refractivity contribution in [3.05, 3.63) is 100 Å². The van der Waals surface area contributed by atoms with Gasteiger partial charge in [0.15, 0.2) is 5.11 Å². The summed E-state index contributed by atoms with van der Waals surface area (Å²) < 4.78 is 13.6. The van der Waals surface area contributed by atoms with Gasteiger partial charge in [-0.2, -0.15) is 0 Å². The van der Waals surface area contributed by atoms with Crippen LogP contribution < -0.4 is 19.7 Å². The van der Waals surface area contributed by atoms with Crippen LogP contribution in [0.4, 0.5) is 5.69 Å². The molecular weight excluding hydrogens is 504 g/mol. The summed E-state index contributed by atoms with van der Waals surface area (Å²) in [5.41, 5.74) is 7.27. The van der Waals surface area contributed by atoms with Gasteiger partial charge in [0.1, 0.15) is 11.5 Å². The summed E-state index contributed by atoms with van der Waals surface area (Å²) in [7, 11) is 3.32. The minimum atomic E-state index is -0.192. The van der Waals surface area contributed by atoms with Gasteiger partial charge in [-0.3, -0.25) is 4.98 Å². The van der Waals surface area contributed by atoms with E-state index in [1.165, 1.54) is 0 Å². The first kappa shape index (κ1) is 25.1. The number of aryl methyl sites for hydroxylation is 2. The number of aromatic nitrogens is 2. The lowest BCUT2D eigenvalue weighted by Crippen LogP contribution is -2.30. The second-order valence-corrected chi connectivity index (χ2v) is 9.95. The highest BCUT2D eigenvalue weighted by Gasteiger charge is 2.43. The summed E-state index contributed by atoms with van der Waals surface area (Å²) in [4.78, 5) is 6.81. The number of hydrogen-bond acceptors (Lipinski definition) is 4. The van der Waals surface area contributed by atoms with E-state index in [0.29, 0.717) is 15.9 Å². The summed E-state index contributed by atoms with van der Waals surface area (Å²) in [5, 5.41) is 4.84. The number of thiocarbonyl (C=S) groups is 1. The Morgan fingerprint density at radius 3 is 2.46 bits per heavy atom. The molecule has 4 aromatic rings. The predicted molar refractivity (Wildman–Crippen MR) is 152 cm³/mol. The molecule has 0 amide bonds. The molecule has 1 saturated heterocycles. The Morgan fingerprint density at radius 1 is 0.946 bits per heavy atom. The molecule has 0 aliphatic carbocycles. The largest absolute Gasteiger partial charge is 0.497 e. The van der Waals surface area contributed by atoms with Crippen LogP contribution in [0.5, 0.6) is 11.5 Å². The molecule has 1 aliphatic rings. The number of benzene rings is 2. The molecule has 1 fully saturated rings. The Bertz CT molecular complexity index is 1470. The molecule has 2 aromatic carbocycles. The van der Waals surface area contributed by atoms with Crippen molar-refractivity contribution in [2.75, 3.05) is 19.1 Å². The fourth-order valence-corrected chi connectivity index (χ4v) is 5.70. The van der Waals surface area contributed by atoms with Crippen LogP contribution in [0.25, 0.3) is 5.69 Å². The fourth-order valence-electron chi connectivity index (χ4n) is 5.20. The van der Waals surface area contributed by atoms with Gasteiger partial charge in [-0.1, -0.05) is 23.7 Å². The Hall–Kier alpha value is -3.55. The van der Waals surface area contributed by atoms with Crippen molar-refractivity contribution in [3.8, 4) is 17.2 Å². The number of ether oxygens (including phenoxy) is 2. The molecular formula is C29H29ClN4O2S. The van der Waals surface area contributed by atoms with Crippen molar-refractivity contribution in [2.45, 2.75) is 32.9 Å². The Balaban J connectivity index is 1.73. The van der Waals surface area contributed by atoms with Crippen molar-refractivity contribution in [1.29, 1.82) is 0 Å². The standard InChI is InChI=1S/C29H29ClN4O2S/c1-17-9-10-20(30)15-24(17)33-18(2)14-22(19(33)3)28-27(23-8-6-7-13-31-23)32-29(37)34(28)25-16-21(35-4)11-12-26(25)36-5/h6-16,27-28H,1-5H3,(H,32,37)/t27-,28+/m1/s1. The lowest BCUT2D eigenvalue weighted by Gasteiger charge is -2.29. The van der Waals surface area contributed by atoms with Gasteiger partial charge in [0.05, 0.1) is 37.7 Å². The number of nitrogens with one attached hydrogen (secondary N) is 1. The first-order valence-electron chi connectivity index (χ1n) is 12.0. The van der Waals surface area contributed by atoms with E-state index in [4.69, 9.17) is 33.3 Å². The number of methoxy groups -OCH3 is 2. The Kier molecular flexibility index (Phi) is 6.84. The topological polar surface area (TPSA) is 51.6 Å². The second kappa shape index (κ2) is 10.1. The normalized spacial score (nSPS) is 17.1. The molecule has 0 spiro atoms. The number of nitrogens with zero attached hydrogens (tertiary/aromatic N) is 3. The van der Waals surface area contributed by atoms with Gasteiger partial charge in [0.2, 0.25) is 0 Å². The molecule has 1 aliphatic heterocycles. The van der Waals surface area contributed by atoms with Gasteiger partial charge in [-0.05, 0) is 86.6 Å². The average molecular weight is 533 g/mol. The molecule has 0 unspecified atom stereocenters. The SMILES string of the molecule is COc1ccc(OC)c(N2C(=S)N[C@H](c3ccccn3)[C@@H]2c2cc(C)n(-c3cc(Cl)ccc3C)c2C)c1. The number of hydrogen-bond donors (Lipinski definition) is 1. The zero-order valence-electron chi connectivity index (χ0n) is 21.4. The quantitative estimate of drug-likeness (QED) is 0.281. The fraction of sp³-hybridized carbons (Fsp3) is 0.241. The van der Waals surface area contributed by atoms with Crippen LogP contribution in [0.15, 0.2) is 66.9 Å². The van der Waals surface area contributed by atoms with Crippen molar-refractivity contribution < 1.29 is 9.47 Å². The van der Waals surface area contributed by atoms with E-state index in [9.17, 15) is 0 Å². The van der Waals surface area contributed by atoms with Crippen LogP contribution in [0.1, 0.15) is 40.3 Å². The number of halogens is 1. The van der Waals surface area contributed by atoms with Gasteiger partial charge in [0.25, 0.3) is 0 Å². The lowest BCUT2D eigenvalue weighted by molar-refractivity contribution is 0.403. The minimum Gasteiger partial charge on any atom is -0.497 e. The maximum atomic E-state index is 6.41. The van der Waals surface area contributed by atoms with Gasteiger partial charge in [-0.15, -0.1) is 0 Å². The summed E-state index contributed by atoms with van der Waals surface area (Å²) in [6.45, 7) is 6.35. The number of anilines is 1. The minimum absolute atomic E-state index is 0.181. The van der Waals surface area contributed by atoms with Crippen LogP contribution in [-0.2, 0) is 0 Å². The third kappa shape index (κ3) is 4.43. The smallest absolute Gasteiger partial charge is 0.174 e. The van der Waals surface area contributed by atoms with E-state index in [1.807, 2.05) is 60.8 Å². The number of pyridine rings is 1. The average Bonchev–Trinajstić information content (AvgIpc) is 3.40. The molecule has 5 rings (SSSR count). The lowest BCUT2D eigenvalue weighted by atomic mass is 9.96. The molecule has 8 heteroatoms. The van der Waals surface area contributed by atoms with E-state index in [-0.39, 0.29) is 12.1 Å². The maximum absolute atomic E-state index is 6.41. The molecule has 6 nitrogen and oxygen atoms in total. The molecule has 2 atom stereocenters. The van der Waals surface area contributed by atoms with Gasteiger partial charge in [-0.25, -0.2) is 0 Å². The van der Waals surface area contributed by atoms with Crippen molar-refractivity contribution in [1.82, 2.24) is 14.9 Å². The maximum Gasteiger partial charge on any atom is 0.174 e. The molecule has 2 aromatic heterocycles. The van der Waals surface area contributed by atoms with E-state index in [0.717, 1.165) is 45.3 Å². The van der Waals surface area contributed by atoms with Crippen molar-refractivity contribution >= 4 is 34.6 Å². The zero-order valence-corrected chi connectivity index (χ0v) is 23.0. The zero-order chi connectivity index (χ0) is 26.3. The molecule has 3 heterocycles. The van der Waals surface area contributed by atoms with E-state index >= 15 is 0 Å². The first-order valence-corrected chi connectivity index (χ1v) is 12.8. The highest BCUT2D eigenvalue weighted by atomic mass is 35.5. The van der Waals surface area contributed by atoms with Gasteiger partial charge >= 0.3 is 0 Å². The molecule has 0 bridgehead atoms. The van der Waals surface area contributed by atoms with Crippen molar-refractivity contribution in [3.63, 3.8) is 0 Å². The monoisotopic (exact) mass is 532 g/mol. The highest BCUT2D eigenvalue weighted by Crippen LogP contribution is 2.47. The van der Waals surface area contributed by atoms with Crippen LogP contribution in [0.2, 0.25) is 5.02 Å². The Morgan fingerprint density at radius 2 is 1.76 bits per heavy atom. The van der Waals surface area contributed by atoms with E-state index in [2.05, 4.69) is 46.6 Å². The molecule has 190 valence electrons. The molecule has 1 N–H and O–H groups in total. The first-order chi connectivity index (χ1) is 17.8. The molecule has 37 heavy (non-hydrogen) atoms. The van der Waals surface area contributed by atoms with Crippen LogP contribution in [0, 0.1) is 20.8 Å². The third-order valence-corrected chi connectivity index (χ3v) is 7.49. The predicted octanol–water partition coefficient (Wildman–Crippen LogP) is 6.65. The second-order valence-electron chi connectivity index (χ2n) is 9.13.